The zero-order valence-electron chi connectivity index (χ0n) is 14.0. The molecule has 7 nitrogen and oxygen atoms in total. The smallest absolute Gasteiger partial charge is 0.257 e. The molecule has 7 heteroatoms. The average Bonchev–Trinajstić information content (AvgIpc) is 3.21. The summed E-state index contributed by atoms with van der Waals surface area (Å²) in [6.07, 6.45) is 7.63. The molecule has 0 bridgehead atoms. The lowest BCUT2D eigenvalue weighted by Crippen LogP contribution is -2.59. The standard InChI is InChI=1S/C17H23N5O2/c1-20-9-17(6-14(20)16(24)21-4-2-3-5-21)10-22(11-17)15(23)13-7-18-12-19-8-13/h7-8,12,14H,2-6,9-11H2,1H3. The van der Waals surface area contributed by atoms with E-state index in [9.17, 15) is 9.59 Å². The molecule has 3 saturated heterocycles. The van der Waals surface area contributed by atoms with E-state index in [1.807, 2.05) is 16.8 Å². The van der Waals surface area contributed by atoms with E-state index < -0.39 is 0 Å². The lowest BCUT2D eigenvalue weighted by molar-refractivity contribution is -0.134. The normalized spacial score (nSPS) is 26.0. The predicted octanol–water partition coefficient (Wildman–Crippen LogP) is 0.245. The van der Waals surface area contributed by atoms with Gasteiger partial charge in [-0.3, -0.25) is 14.5 Å². The van der Waals surface area contributed by atoms with E-state index in [4.69, 9.17) is 0 Å². The highest BCUT2D eigenvalue weighted by Crippen LogP contribution is 2.43. The van der Waals surface area contributed by atoms with Crippen LogP contribution in [0.1, 0.15) is 29.6 Å². The number of carbonyl (C=O) groups is 2. The summed E-state index contributed by atoms with van der Waals surface area (Å²) in [5.74, 6) is 0.256. The number of hydrogen-bond donors (Lipinski definition) is 0. The number of carbonyl (C=O) groups excluding carboxylic acids is 2. The number of aromatic nitrogens is 2. The molecule has 3 aliphatic heterocycles. The van der Waals surface area contributed by atoms with Crippen molar-refractivity contribution >= 4 is 11.8 Å². The van der Waals surface area contributed by atoms with E-state index in [2.05, 4.69) is 14.9 Å². The second kappa shape index (κ2) is 5.81. The van der Waals surface area contributed by atoms with Gasteiger partial charge in [-0.05, 0) is 26.3 Å². The van der Waals surface area contributed by atoms with Crippen molar-refractivity contribution in [2.75, 3.05) is 39.8 Å². The first-order valence-electron chi connectivity index (χ1n) is 8.61. The first-order valence-corrected chi connectivity index (χ1v) is 8.61. The van der Waals surface area contributed by atoms with Crippen LogP contribution < -0.4 is 0 Å². The van der Waals surface area contributed by atoms with Crippen molar-refractivity contribution in [2.24, 2.45) is 5.41 Å². The molecule has 0 radical (unpaired) electrons. The van der Waals surface area contributed by atoms with Gasteiger partial charge in [0.2, 0.25) is 5.91 Å². The van der Waals surface area contributed by atoms with Gasteiger partial charge in [-0.1, -0.05) is 0 Å². The van der Waals surface area contributed by atoms with Crippen molar-refractivity contribution in [2.45, 2.75) is 25.3 Å². The van der Waals surface area contributed by atoms with E-state index in [0.717, 1.165) is 52.0 Å². The largest absolute Gasteiger partial charge is 0.341 e. The van der Waals surface area contributed by atoms with E-state index in [1.54, 1.807) is 12.4 Å². The van der Waals surface area contributed by atoms with Crippen LogP contribution in [0.5, 0.6) is 0 Å². The molecule has 1 aromatic rings. The molecular weight excluding hydrogens is 306 g/mol. The number of likely N-dealkylation sites (N-methyl/N-ethyl adjacent to an activating group) is 1. The van der Waals surface area contributed by atoms with Crippen LogP contribution in [-0.4, -0.2) is 82.3 Å². The van der Waals surface area contributed by atoms with E-state index >= 15 is 0 Å². The molecule has 1 spiro atoms. The third kappa shape index (κ3) is 2.56. The Labute approximate surface area is 141 Å². The fraction of sp³-hybridized carbons (Fsp3) is 0.647. The molecule has 128 valence electrons. The number of hydrogen-bond acceptors (Lipinski definition) is 5. The van der Waals surface area contributed by atoms with Gasteiger partial charge in [0, 0.05) is 50.5 Å². The summed E-state index contributed by atoms with van der Waals surface area (Å²) in [5.41, 5.74) is 0.600. The maximum absolute atomic E-state index is 12.7. The van der Waals surface area contributed by atoms with Crippen molar-refractivity contribution in [1.29, 1.82) is 0 Å². The first-order chi connectivity index (χ1) is 11.6. The summed E-state index contributed by atoms with van der Waals surface area (Å²) >= 11 is 0. The first kappa shape index (κ1) is 15.5. The summed E-state index contributed by atoms with van der Waals surface area (Å²) < 4.78 is 0. The number of likely N-dealkylation sites (tertiary alicyclic amines) is 3. The Morgan fingerprint density at radius 1 is 1.08 bits per heavy atom. The minimum absolute atomic E-state index is 0.0156. The maximum atomic E-state index is 12.7. The topological polar surface area (TPSA) is 69.6 Å². The van der Waals surface area contributed by atoms with Crippen LogP contribution in [-0.2, 0) is 4.79 Å². The molecule has 0 aliphatic carbocycles. The predicted molar refractivity (Wildman–Crippen MR) is 87.2 cm³/mol. The van der Waals surface area contributed by atoms with Gasteiger partial charge in [-0.15, -0.1) is 0 Å². The zero-order chi connectivity index (χ0) is 16.7. The third-order valence-electron chi connectivity index (χ3n) is 5.59. The highest BCUT2D eigenvalue weighted by atomic mass is 16.2. The molecule has 0 N–H and O–H groups in total. The van der Waals surface area contributed by atoms with Gasteiger partial charge in [-0.2, -0.15) is 0 Å². The van der Waals surface area contributed by atoms with Crippen LogP contribution >= 0.6 is 0 Å². The Balaban J connectivity index is 1.38. The summed E-state index contributed by atoms with van der Waals surface area (Å²) in [4.78, 5) is 39.0. The van der Waals surface area contributed by atoms with E-state index in [0.29, 0.717) is 5.56 Å². The molecule has 1 aromatic heterocycles. The second-order valence-corrected chi connectivity index (χ2v) is 7.46. The second-order valence-electron chi connectivity index (χ2n) is 7.46. The third-order valence-corrected chi connectivity index (χ3v) is 5.59. The molecule has 3 fully saturated rings. The Morgan fingerprint density at radius 2 is 1.75 bits per heavy atom. The highest BCUT2D eigenvalue weighted by molar-refractivity contribution is 5.94. The maximum Gasteiger partial charge on any atom is 0.257 e. The lowest BCUT2D eigenvalue weighted by Gasteiger charge is -2.48. The summed E-state index contributed by atoms with van der Waals surface area (Å²) in [5, 5.41) is 0. The van der Waals surface area contributed by atoms with Gasteiger partial charge in [0.25, 0.3) is 5.91 Å². The van der Waals surface area contributed by atoms with Gasteiger partial charge in [-0.25, -0.2) is 9.97 Å². The quantitative estimate of drug-likeness (QED) is 0.778. The molecule has 1 atom stereocenters. The molecule has 0 aromatic carbocycles. The van der Waals surface area contributed by atoms with Crippen LogP contribution in [0.15, 0.2) is 18.7 Å². The fourth-order valence-corrected chi connectivity index (χ4v) is 4.42. The van der Waals surface area contributed by atoms with Crippen LogP contribution in [0, 0.1) is 5.41 Å². The van der Waals surface area contributed by atoms with Crippen molar-refractivity contribution < 1.29 is 9.59 Å². The minimum atomic E-state index is -0.0274. The minimum Gasteiger partial charge on any atom is -0.341 e. The number of amides is 2. The van der Waals surface area contributed by atoms with Crippen molar-refractivity contribution in [3.63, 3.8) is 0 Å². The van der Waals surface area contributed by atoms with E-state index in [1.165, 1.54) is 6.33 Å². The average molecular weight is 329 g/mol. The Bertz CT molecular complexity index is 638. The van der Waals surface area contributed by atoms with Crippen LogP contribution in [0.2, 0.25) is 0 Å². The highest BCUT2D eigenvalue weighted by Gasteiger charge is 2.54. The summed E-state index contributed by atoms with van der Waals surface area (Å²) in [6.45, 7) is 4.11. The lowest BCUT2D eigenvalue weighted by atomic mass is 9.77. The molecule has 3 aliphatic rings. The Morgan fingerprint density at radius 3 is 2.42 bits per heavy atom. The van der Waals surface area contributed by atoms with Gasteiger partial charge in [0.15, 0.2) is 0 Å². The molecule has 24 heavy (non-hydrogen) atoms. The Kier molecular flexibility index (Phi) is 3.75. The Hall–Kier alpha value is -2.02. The van der Waals surface area contributed by atoms with Crippen molar-refractivity contribution in [1.82, 2.24) is 24.7 Å². The van der Waals surface area contributed by atoms with Crippen LogP contribution in [0.25, 0.3) is 0 Å². The number of nitrogens with zero attached hydrogens (tertiary/aromatic N) is 5. The van der Waals surface area contributed by atoms with Gasteiger partial charge < -0.3 is 9.80 Å². The molecular formula is C17H23N5O2. The fourth-order valence-electron chi connectivity index (χ4n) is 4.42. The van der Waals surface area contributed by atoms with E-state index in [-0.39, 0.29) is 23.3 Å². The van der Waals surface area contributed by atoms with Crippen LogP contribution in [0.4, 0.5) is 0 Å². The molecule has 0 saturated carbocycles. The van der Waals surface area contributed by atoms with Gasteiger partial charge in [0.1, 0.15) is 6.33 Å². The van der Waals surface area contributed by atoms with Gasteiger partial charge in [0.05, 0.1) is 11.6 Å². The van der Waals surface area contributed by atoms with Crippen LogP contribution in [0.3, 0.4) is 0 Å². The van der Waals surface area contributed by atoms with Crippen molar-refractivity contribution in [3.05, 3.63) is 24.3 Å². The molecule has 4 rings (SSSR count). The number of rotatable bonds is 2. The molecule has 4 heterocycles. The summed E-state index contributed by atoms with van der Waals surface area (Å²) in [7, 11) is 2.03. The van der Waals surface area contributed by atoms with Crippen molar-refractivity contribution in [3.8, 4) is 0 Å². The van der Waals surface area contributed by atoms with Gasteiger partial charge >= 0.3 is 0 Å². The summed E-state index contributed by atoms with van der Waals surface area (Å²) in [6, 6.07) is -0.0274. The molecule has 1 unspecified atom stereocenters. The monoisotopic (exact) mass is 329 g/mol. The zero-order valence-corrected chi connectivity index (χ0v) is 14.0. The SMILES string of the molecule is CN1CC2(CC1C(=O)N1CCCC1)CN(C(=O)c1cncnc1)C2. The molecule has 2 amide bonds.